The first-order valence-corrected chi connectivity index (χ1v) is 6.93. The lowest BCUT2D eigenvalue weighted by Crippen LogP contribution is -2.34. The maximum atomic E-state index is 12.0. The van der Waals surface area contributed by atoms with Crippen LogP contribution in [0.4, 0.5) is 5.82 Å². The Hall–Kier alpha value is -1.85. The first-order valence-electron chi connectivity index (χ1n) is 6.93. The Morgan fingerprint density at radius 2 is 2.00 bits per heavy atom. The summed E-state index contributed by atoms with van der Waals surface area (Å²) in [5.41, 5.74) is -0.0721. The number of hydrogen-bond donors (Lipinski definition) is 3. The Labute approximate surface area is 119 Å². The van der Waals surface area contributed by atoms with E-state index in [0.29, 0.717) is 18.7 Å². The molecule has 0 bridgehead atoms. The first kappa shape index (κ1) is 16.2. The van der Waals surface area contributed by atoms with Crippen LogP contribution in [0.15, 0.2) is 6.07 Å². The van der Waals surface area contributed by atoms with E-state index in [9.17, 15) is 14.7 Å². The smallest absolute Gasteiger partial charge is 0.310 e. The van der Waals surface area contributed by atoms with Crippen LogP contribution in [0.25, 0.3) is 0 Å². The summed E-state index contributed by atoms with van der Waals surface area (Å²) < 4.78 is 0. The lowest BCUT2D eigenvalue weighted by molar-refractivity contribution is -0.151. The molecular weight excluding hydrogens is 258 g/mol. The number of aromatic amines is 1. The number of H-pyrrole nitrogens is 1. The Morgan fingerprint density at radius 3 is 2.40 bits per heavy atom. The molecule has 1 aromatic heterocycles. The third kappa shape index (κ3) is 3.59. The lowest BCUT2D eigenvalue weighted by atomic mass is 9.79. The van der Waals surface area contributed by atoms with E-state index >= 15 is 0 Å². The van der Waals surface area contributed by atoms with Crippen molar-refractivity contribution in [2.75, 3.05) is 5.32 Å². The van der Waals surface area contributed by atoms with Gasteiger partial charge in [0.15, 0.2) is 5.82 Å². The molecule has 1 heterocycles. The fourth-order valence-electron chi connectivity index (χ4n) is 2.07. The van der Waals surface area contributed by atoms with Crippen LogP contribution in [0.5, 0.6) is 0 Å². The zero-order chi connectivity index (χ0) is 15.3. The number of carboxylic acids is 1. The van der Waals surface area contributed by atoms with Crippen molar-refractivity contribution in [3.63, 3.8) is 0 Å². The fourth-order valence-corrected chi connectivity index (χ4v) is 2.07. The SMILES string of the molecule is CCC(CC)(CC(=O)Nc1cc(C(C)C)[nH]n1)C(=O)O. The molecule has 6 heteroatoms. The van der Waals surface area contributed by atoms with Crippen LogP contribution < -0.4 is 5.32 Å². The molecule has 1 rings (SSSR count). The molecule has 6 nitrogen and oxygen atoms in total. The molecule has 0 fully saturated rings. The van der Waals surface area contributed by atoms with E-state index < -0.39 is 11.4 Å². The molecule has 0 aliphatic carbocycles. The normalized spacial score (nSPS) is 11.7. The Morgan fingerprint density at radius 1 is 1.40 bits per heavy atom. The summed E-state index contributed by atoms with van der Waals surface area (Å²) in [4.78, 5) is 23.4. The highest BCUT2D eigenvalue weighted by molar-refractivity contribution is 5.93. The molecule has 0 aromatic carbocycles. The highest BCUT2D eigenvalue weighted by Crippen LogP contribution is 2.31. The van der Waals surface area contributed by atoms with Crippen molar-refractivity contribution < 1.29 is 14.7 Å². The number of amides is 1. The van der Waals surface area contributed by atoms with Gasteiger partial charge in [0, 0.05) is 18.2 Å². The first-order chi connectivity index (χ1) is 9.34. The van der Waals surface area contributed by atoms with Gasteiger partial charge in [-0.15, -0.1) is 0 Å². The predicted molar refractivity (Wildman–Crippen MR) is 76.6 cm³/mol. The van der Waals surface area contributed by atoms with Gasteiger partial charge in [-0.25, -0.2) is 0 Å². The lowest BCUT2D eigenvalue weighted by Gasteiger charge is -2.25. The van der Waals surface area contributed by atoms with Crippen molar-refractivity contribution in [1.82, 2.24) is 10.2 Å². The standard InChI is InChI=1S/C14H23N3O3/c1-5-14(6-2,13(19)20)8-12(18)15-11-7-10(9(3)4)16-17-11/h7,9H,5-6,8H2,1-4H3,(H,19,20)(H2,15,16,17,18). The van der Waals surface area contributed by atoms with E-state index in [1.165, 1.54) is 0 Å². The quantitative estimate of drug-likeness (QED) is 0.716. The van der Waals surface area contributed by atoms with Crippen molar-refractivity contribution in [2.24, 2.45) is 5.41 Å². The van der Waals surface area contributed by atoms with Gasteiger partial charge in [0.25, 0.3) is 0 Å². The molecule has 0 radical (unpaired) electrons. The maximum absolute atomic E-state index is 12.0. The Bertz CT molecular complexity index is 476. The second-order valence-electron chi connectivity index (χ2n) is 5.38. The summed E-state index contributed by atoms with van der Waals surface area (Å²) in [6.45, 7) is 7.61. The molecule has 20 heavy (non-hydrogen) atoms. The van der Waals surface area contributed by atoms with Crippen molar-refractivity contribution in [3.05, 3.63) is 11.8 Å². The monoisotopic (exact) mass is 281 g/mol. The molecule has 112 valence electrons. The number of hydrogen-bond acceptors (Lipinski definition) is 3. The molecule has 1 aromatic rings. The number of aromatic nitrogens is 2. The molecule has 0 atom stereocenters. The zero-order valence-electron chi connectivity index (χ0n) is 12.5. The third-order valence-corrected chi connectivity index (χ3v) is 3.79. The number of nitrogens with zero attached hydrogens (tertiary/aromatic N) is 1. The highest BCUT2D eigenvalue weighted by atomic mass is 16.4. The summed E-state index contributed by atoms with van der Waals surface area (Å²) >= 11 is 0. The number of aliphatic carboxylic acids is 1. The number of carboxylic acid groups (broad SMARTS) is 1. The van der Waals surface area contributed by atoms with E-state index in [2.05, 4.69) is 15.5 Å². The molecule has 3 N–H and O–H groups in total. The van der Waals surface area contributed by atoms with Crippen LogP contribution in [0.1, 0.15) is 58.6 Å². The molecule has 0 spiro atoms. The summed E-state index contributed by atoms with van der Waals surface area (Å²) in [5.74, 6) is -0.525. The maximum Gasteiger partial charge on any atom is 0.310 e. The second-order valence-corrected chi connectivity index (χ2v) is 5.38. The molecule has 0 aliphatic heterocycles. The van der Waals surface area contributed by atoms with E-state index in [-0.39, 0.29) is 18.2 Å². The van der Waals surface area contributed by atoms with Crippen LogP contribution in [-0.2, 0) is 9.59 Å². The van der Waals surface area contributed by atoms with Crippen molar-refractivity contribution in [2.45, 2.75) is 52.9 Å². The van der Waals surface area contributed by atoms with Gasteiger partial charge < -0.3 is 10.4 Å². The minimum atomic E-state index is -0.999. The van der Waals surface area contributed by atoms with E-state index in [0.717, 1.165) is 5.69 Å². The molecule has 1 amide bonds. The van der Waals surface area contributed by atoms with Crippen LogP contribution >= 0.6 is 0 Å². The molecule has 0 unspecified atom stereocenters. The number of nitrogens with one attached hydrogen (secondary N) is 2. The molecular formula is C14H23N3O3. The van der Waals surface area contributed by atoms with Gasteiger partial charge in [-0.3, -0.25) is 14.7 Å². The average molecular weight is 281 g/mol. The highest BCUT2D eigenvalue weighted by Gasteiger charge is 2.37. The number of carbonyl (C=O) groups is 2. The van der Waals surface area contributed by atoms with Crippen LogP contribution in [0, 0.1) is 5.41 Å². The molecule has 0 saturated heterocycles. The Balaban J connectivity index is 2.73. The number of anilines is 1. The zero-order valence-corrected chi connectivity index (χ0v) is 12.5. The van der Waals surface area contributed by atoms with Crippen molar-refractivity contribution in [1.29, 1.82) is 0 Å². The van der Waals surface area contributed by atoms with Crippen LogP contribution in [0.3, 0.4) is 0 Å². The molecule has 0 aliphatic rings. The minimum Gasteiger partial charge on any atom is -0.481 e. The third-order valence-electron chi connectivity index (χ3n) is 3.79. The predicted octanol–water partition coefficient (Wildman–Crippen LogP) is 2.75. The van der Waals surface area contributed by atoms with E-state index in [4.69, 9.17) is 0 Å². The van der Waals surface area contributed by atoms with Gasteiger partial charge in [-0.2, -0.15) is 5.10 Å². The number of rotatable bonds is 7. The average Bonchev–Trinajstić information content (AvgIpc) is 2.84. The largest absolute Gasteiger partial charge is 0.481 e. The van der Waals surface area contributed by atoms with Gasteiger partial charge in [0.1, 0.15) is 0 Å². The van der Waals surface area contributed by atoms with Gasteiger partial charge in [-0.05, 0) is 18.8 Å². The second kappa shape index (κ2) is 6.54. The summed E-state index contributed by atoms with van der Waals surface area (Å²) in [6, 6.07) is 1.77. The fraction of sp³-hybridized carbons (Fsp3) is 0.643. The van der Waals surface area contributed by atoms with Crippen molar-refractivity contribution in [3.8, 4) is 0 Å². The van der Waals surface area contributed by atoms with Crippen LogP contribution in [-0.4, -0.2) is 27.2 Å². The summed E-state index contributed by atoms with van der Waals surface area (Å²) in [5, 5.41) is 18.8. The van der Waals surface area contributed by atoms with Gasteiger partial charge >= 0.3 is 5.97 Å². The van der Waals surface area contributed by atoms with E-state index in [1.807, 2.05) is 13.8 Å². The summed E-state index contributed by atoms with van der Waals surface area (Å²) in [6.07, 6.45) is 0.799. The van der Waals surface area contributed by atoms with Crippen LogP contribution in [0.2, 0.25) is 0 Å². The van der Waals surface area contributed by atoms with E-state index in [1.54, 1.807) is 19.9 Å². The van der Waals surface area contributed by atoms with Crippen molar-refractivity contribution >= 4 is 17.7 Å². The van der Waals surface area contributed by atoms with Gasteiger partial charge in [0.2, 0.25) is 5.91 Å². The van der Waals surface area contributed by atoms with Gasteiger partial charge in [-0.1, -0.05) is 27.7 Å². The minimum absolute atomic E-state index is 0.0425. The summed E-state index contributed by atoms with van der Waals surface area (Å²) in [7, 11) is 0. The Kier molecular flexibility index (Phi) is 5.30. The number of carbonyl (C=O) groups excluding carboxylic acids is 1. The topological polar surface area (TPSA) is 95.1 Å². The molecule has 0 saturated carbocycles. The van der Waals surface area contributed by atoms with Gasteiger partial charge in [0.05, 0.1) is 5.41 Å².